The van der Waals surface area contributed by atoms with Crippen LogP contribution < -0.4 is 9.47 Å². The van der Waals surface area contributed by atoms with Gasteiger partial charge in [-0.1, -0.05) is 24.1 Å². The molecule has 0 saturated heterocycles. The molecule has 1 aromatic heterocycles. The van der Waals surface area contributed by atoms with E-state index in [9.17, 15) is 5.11 Å². The van der Waals surface area contributed by atoms with Crippen LogP contribution in [0.3, 0.4) is 0 Å². The number of aliphatic hydroxyl groups is 1. The Labute approximate surface area is 201 Å². The van der Waals surface area contributed by atoms with Gasteiger partial charge in [0.05, 0.1) is 36.8 Å². The highest BCUT2D eigenvalue weighted by atomic mass is 16.5. The summed E-state index contributed by atoms with van der Waals surface area (Å²) in [4.78, 5) is 2.17. The second kappa shape index (κ2) is 12.2. The minimum Gasteiger partial charge on any atom is -0.497 e. The van der Waals surface area contributed by atoms with Gasteiger partial charge in [-0.2, -0.15) is 5.10 Å². The van der Waals surface area contributed by atoms with Gasteiger partial charge >= 0.3 is 0 Å². The van der Waals surface area contributed by atoms with Crippen LogP contribution >= 0.6 is 0 Å². The molecule has 1 atom stereocenters. The molecular weight excluding hydrogens is 430 g/mol. The molecule has 180 valence electrons. The van der Waals surface area contributed by atoms with Gasteiger partial charge in [0.2, 0.25) is 5.88 Å². The topological polar surface area (TPSA) is 69.0 Å². The van der Waals surface area contributed by atoms with Crippen LogP contribution in [0.4, 0.5) is 0 Å². The fourth-order valence-corrected chi connectivity index (χ4v) is 3.56. The number of rotatable bonds is 12. The molecule has 0 radical (unpaired) electrons. The van der Waals surface area contributed by atoms with E-state index in [1.807, 2.05) is 66.2 Å². The molecule has 7 heteroatoms. The average Bonchev–Trinajstić information content (AvgIpc) is 3.14. The molecule has 0 aliphatic carbocycles. The highest BCUT2D eigenvalue weighted by Crippen LogP contribution is 2.32. The fourth-order valence-electron chi connectivity index (χ4n) is 3.56. The maximum Gasteiger partial charge on any atom is 0.227 e. The lowest BCUT2D eigenvalue weighted by molar-refractivity contribution is 0.0190. The van der Waals surface area contributed by atoms with Crippen molar-refractivity contribution < 1.29 is 19.3 Å². The number of aliphatic hydroxyl groups excluding tert-OH is 1. The van der Waals surface area contributed by atoms with E-state index < -0.39 is 6.10 Å². The van der Waals surface area contributed by atoms with Crippen molar-refractivity contribution in [3.05, 3.63) is 65.9 Å². The molecule has 0 saturated carbocycles. The Hall–Kier alpha value is -3.31. The van der Waals surface area contributed by atoms with Crippen LogP contribution in [0.5, 0.6) is 17.4 Å². The Kier molecular flexibility index (Phi) is 9.11. The maximum absolute atomic E-state index is 10.5. The van der Waals surface area contributed by atoms with E-state index >= 15 is 0 Å². The molecule has 0 bridgehead atoms. The van der Waals surface area contributed by atoms with Crippen molar-refractivity contribution in [2.45, 2.75) is 39.5 Å². The second-order valence-corrected chi connectivity index (χ2v) is 8.29. The molecular formula is C27H33N3O4. The number of hydrogen-bond acceptors (Lipinski definition) is 6. The zero-order valence-corrected chi connectivity index (χ0v) is 20.3. The van der Waals surface area contributed by atoms with Gasteiger partial charge < -0.3 is 19.3 Å². The molecule has 3 aromatic rings. The van der Waals surface area contributed by atoms with Gasteiger partial charge in [0.1, 0.15) is 18.1 Å². The number of aryl methyl sites for hydroxylation is 1. The average molecular weight is 464 g/mol. The van der Waals surface area contributed by atoms with Gasteiger partial charge in [0.25, 0.3) is 0 Å². The van der Waals surface area contributed by atoms with Gasteiger partial charge in [-0.3, -0.25) is 4.90 Å². The molecule has 1 N–H and O–H groups in total. The summed E-state index contributed by atoms with van der Waals surface area (Å²) in [5.41, 5.74) is 2.71. The van der Waals surface area contributed by atoms with Crippen LogP contribution in [0.25, 0.3) is 5.69 Å². The van der Waals surface area contributed by atoms with Crippen LogP contribution in [0.15, 0.2) is 54.6 Å². The molecule has 3 rings (SSSR count). The summed E-state index contributed by atoms with van der Waals surface area (Å²) < 4.78 is 18.8. The van der Waals surface area contributed by atoms with Crippen LogP contribution in [0.2, 0.25) is 0 Å². The Morgan fingerprint density at radius 1 is 1.09 bits per heavy atom. The number of aromatic nitrogens is 2. The first kappa shape index (κ1) is 25.3. The number of nitrogens with zero attached hydrogens (tertiary/aromatic N) is 3. The molecule has 0 aliphatic rings. The monoisotopic (exact) mass is 463 g/mol. The summed E-state index contributed by atoms with van der Waals surface area (Å²) in [6, 6.07) is 17.5. The number of ether oxygens (including phenoxy) is 3. The Morgan fingerprint density at radius 2 is 1.76 bits per heavy atom. The molecule has 0 aliphatic heterocycles. The Balaban J connectivity index is 1.93. The standard InChI is InChI=1S/C27H33N3O4/c1-6-16-33-19-23(31)17-29(20(2)3)18-26-21(4)28-30(22-10-8-7-9-11-22)27(26)34-25-14-12-24(32-5)13-15-25/h1,7-15,20,23,31H,16-19H2,2-5H3/t23-/m1/s1. The normalized spacial score (nSPS) is 12.1. The highest BCUT2D eigenvalue weighted by Gasteiger charge is 2.24. The lowest BCUT2D eigenvalue weighted by atomic mass is 10.2. The molecule has 0 spiro atoms. The third kappa shape index (κ3) is 6.61. The largest absolute Gasteiger partial charge is 0.497 e. The zero-order chi connectivity index (χ0) is 24.5. The summed E-state index contributed by atoms with van der Waals surface area (Å²) in [7, 11) is 1.63. The van der Waals surface area contributed by atoms with Crippen molar-refractivity contribution in [1.82, 2.24) is 14.7 Å². The summed E-state index contributed by atoms with van der Waals surface area (Å²) in [6.07, 6.45) is 4.57. The van der Waals surface area contributed by atoms with Crippen molar-refractivity contribution in [3.63, 3.8) is 0 Å². The van der Waals surface area contributed by atoms with E-state index in [0.29, 0.717) is 24.7 Å². The molecule has 2 aromatic carbocycles. The predicted octanol–water partition coefficient (Wildman–Crippen LogP) is 4.20. The minimum absolute atomic E-state index is 0.176. The smallest absolute Gasteiger partial charge is 0.227 e. The first-order chi connectivity index (χ1) is 16.4. The Morgan fingerprint density at radius 3 is 2.38 bits per heavy atom. The van der Waals surface area contributed by atoms with E-state index in [2.05, 4.69) is 24.7 Å². The summed E-state index contributed by atoms with van der Waals surface area (Å²) in [6.45, 7) is 7.51. The molecule has 0 fully saturated rings. The zero-order valence-electron chi connectivity index (χ0n) is 20.3. The third-order valence-electron chi connectivity index (χ3n) is 5.44. The third-order valence-corrected chi connectivity index (χ3v) is 5.44. The van der Waals surface area contributed by atoms with Gasteiger partial charge in [-0.25, -0.2) is 4.68 Å². The molecule has 7 nitrogen and oxygen atoms in total. The van der Waals surface area contributed by atoms with Crippen LogP contribution in [-0.4, -0.2) is 58.8 Å². The Bertz CT molecular complexity index is 1070. The number of terminal acetylenes is 1. The molecule has 0 unspecified atom stereocenters. The van der Waals surface area contributed by atoms with Gasteiger partial charge in [-0.15, -0.1) is 6.42 Å². The van der Waals surface area contributed by atoms with E-state index in [1.54, 1.807) is 7.11 Å². The molecule has 34 heavy (non-hydrogen) atoms. The van der Waals surface area contributed by atoms with Crippen molar-refractivity contribution in [2.75, 3.05) is 26.9 Å². The summed E-state index contributed by atoms with van der Waals surface area (Å²) >= 11 is 0. The summed E-state index contributed by atoms with van der Waals surface area (Å²) in [5.74, 6) is 4.49. The van der Waals surface area contributed by atoms with Gasteiger partial charge in [-0.05, 0) is 57.2 Å². The fraction of sp³-hybridized carbons (Fsp3) is 0.370. The van der Waals surface area contributed by atoms with E-state index in [-0.39, 0.29) is 19.3 Å². The van der Waals surface area contributed by atoms with E-state index in [1.165, 1.54) is 0 Å². The van der Waals surface area contributed by atoms with Crippen LogP contribution in [0.1, 0.15) is 25.1 Å². The SMILES string of the molecule is C#CCOC[C@H](O)CN(Cc1c(C)nn(-c2ccccc2)c1Oc1ccc(OC)cc1)C(C)C. The van der Waals surface area contributed by atoms with Crippen molar-refractivity contribution in [1.29, 1.82) is 0 Å². The second-order valence-electron chi connectivity index (χ2n) is 8.29. The quantitative estimate of drug-likeness (QED) is 0.321. The molecule has 1 heterocycles. The lowest BCUT2D eigenvalue weighted by Crippen LogP contribution is -2.39. The maximum atomic E-state index is 10.5. The van der Waals surface area contributed by atoms with E-state index in [4.69, 9.17) is 25.7 Å². The predicted molar refractivity (Wildman–Crippen MR) is 133 cm³/mol. The molecule has 0 amide bonds. The lowest BCUT2D eigenvalue weighted by Gasteiger charge is -2.28. The van der Waals surface area contributed by atoms with Crippen LogP contribution in [-0.2, 0) is 11.3 Å². The number of hydrogen-bond donors (Lipinski definition) is 1. The minimum atomic E-state index is -0.661. The van der Waals surface area contributed by atoms with Crippen molar-refractivity contribution in [3.8, 4) is 35.4 Å². The van der Waals surface area contributed by atoms with Gasteiger partial charge in [0, 0.05) is 19.1 Å². The van der Waals surface area contributed by atoms with Crippen molar-refractivity contribution in [2.24, 2.45) is 0 Å². The summed E-state index contributed by atoms with van der Waals surface area (Å²) in [5, 5.41) is 15.3. The van der Waals surface area contributed by atoms with Crippen molar-refractivity contribution >= 4 is 0 Å². The first-order valence-electron chi connectivity index (χ1n) is 11.3. The van der Waals surface area contributed by atoms with Gasteiger partial charge in [0.15, 0.2) is 0 Å². The highest BCUT2D eigenvalue weighted by molar-refractivity contribution is 5.44. The number of benzene rings is 2. The number of para-hydroxylation sites is 1. The van der Waals surface area contributed by atoms with E-state index in [0.717, 1.165) is 22.7 Å². The van der Waals surface area contributed by atoms with Crippen LogP contribution in [0, 0.1) is 19.3 Å². The number of methoxy groups -OCH3 is 1. The first-order valence-corrected chi connectivity index (χ1v) is 11.3.